The Balaban J connectivity index is 2.19. The average molecular weight is 287 g/mol. The molecule has 5 heteroatoms. The number of ether oxygens (including phenoxy) is 1. The molecule has 0 heterocycles. The molecule has 0 N–H and O–H groups in total. The van der Waals surface area contributed by atoms with E-state index in [1.165, 1.54) is 24.3 Å². The van der Waals surface area contributed by atoms with Crippen LogP contribution >= 0.6 is 11.6 Å². The summed E-state index contributed by atoms with van der Waals surface area (Å²) in [6.45, 7) is -0.0490. The molecule has 0 aliphatic carbocycles. The minimum absolute atomic E-state index is 0.0490. The van der Waals surface area contributed by atoms with Gasteiger partial charge in [-0.3, -0.25) is 0 Å². The van der Waals surface area contributed by atoms with Crippen molar-refractivity contribution < 1.29 is 9.13 Å². The third-order valence-corrected chi connectivity index (χ3v) is 2.86. The van der Waals surface area contributed by atoms with E-state index in [4.69, 9.17) is 26.9 Å². The average Bonchev–Trinajstić information content (AvgIpc) is 2.46. The van der Waals surface area contributed by atoms with Gasteiger partial charge in [-0.25, -0.2) is 4.39 Å². The van der Waals surface area contributed by atoms with Crippen LogP contribution in [-0.4, -0.2) is 0 Å². The summed E-state index contributed by atoms with van der Waals surface area (Å²) in [5.41, 5.74) is 0.864. The van der Waals surface area contributed by atoms with Gasteiger partial charge in [-0.05, 0) is 24.3 Å². The maximum absolute atomic E-state index is 13.7. The highest BCUT2D eigenvalue weighted by Gasteiger charge is 2.08. The fraction of sp³-hybridized carbons (Fsp3) is 0.0667. The van der Waals surface area contributed by atoms with Crippen molar-refractivity contribution in [2.45, 2.75) is 6.61 Å². The molecule has 2 rings (SSSR count). The highest BCUT2D eigenvalue weighted by Crippen LogP contribution is 2.24. The van der Waals surface area contributed by atoms with Gasteiger partial charge in [0.25, 0.3) is 0 Å². The van der Waals surface area contributed by atoms with Crippen molar-refractivity contribution in [3.63, 3.8) is 0 Å². The largest absolute Gasteiger partial charge is 0.487 e. The Bertz CT molecular complexity index is 732. The van der Waals surface area contributed by atoms with Crippen LogP contribution in [0.3, 0.4) is 0 Å². The zero-order chi connectivity index (χ0) is 14.5. The Morgan fingerprint density at radius 3 is 2.55 bits per heavy atom. The van der Waals surface area contributed by atoms with E-state index in [0.717, 1.165) is 6.07 Å². The van der Waals surface area contributed by atoms with Crippen LogP contribution in [0, 0.1) is 28.5 Å². The van der Waals surface area contributed by atoms with Crippen LogP contribution in [0.15, 0.2) is 36.4 Å². The Labute approximate surface area is 120 Å². The second-order valence-corrected chi connectivity index (χ2v) is 4.40. The molecule has 0 aliphatic heterocycles. The number of benzene rings is 2. The molecule has 3 nitrogen and oxygen atoms in total. The molecular formula is C15H8ClFN2O. The molecule has 0 fully saturated rings. The molecule has 0 atom stereocenters. The van der Waals surface area contributed by atoms with E-state index in [2.05, 4.69) is 0 Å². The third kappa shape index (κ3) is 3.06. The van der Waals surface area contributed by atoms with Crippen molar-refractivity contribution in [1.82, 2.24) is 0 Å². The van der Waals surface area contributed by atoms with Crippen molar-refractivity contribution in [3.05, 3.63) is 63.9 Å². The van der Waals surface area contributed by atoms with Crippen LogP contribution in [0.1, 0.15) is 16.7 Å². The number of rotatable bonds is 3. The Hall–Kier alpha value is -2.56. The van der Waals surface area contributed by atoms with E-state index >= 15 is 0 Å². The second-order valence-electron chi connectivity index (χ2n) is 3.96. The molecule has 0 aliphatic rings. The monoisotopic (exact) mass is 286 g/mol. The molecular weight excluding hydrogens is 279 g/mol. The summed E-state index contributed by atoms with van der Waals surface area (Å²) in [5, 5.41) is 18.0. The van der Waals surface area contributed by atoms with Crippen molar-refractivity contribution >= 4 is 11.6 Å². The molecule has 2 aromatic rings. The summed E-state index contributed by atoms with van der Waals surface area (Å²) >= 11 is 5.83. The first-order chi connectivity index (χ1) is 9.63. The van der Waals surface area contributed by atoms with Gasteiger partial charge in [0.2, 0.25) is 0 Å². The first kappa shape index (κ1) is 13.9. The minimum Gasteiger partial charge on any atom is -0.487 e. The van der Waals surface area contributed by atoms with Crippen LogP contribution in [0.2, 0.25) is 5.02 Å². The first-order valence-corrected chi connectivity index (χ1v) is 6.03. The lowest BCUT2D eigenvalue weighted by Gasteiger charge is -2.09. The van der Waals surface area contributed by atoms with E-state index in [1.807, 2.05) is 12.1 Å². The normalized spacial score (nSPS) is 9.60. The molecule has 98 valence electrons. The number of nitrogens with zero attached hydrogens (tertiary/aromatic N) is 2. The summed E-state index contributed by atoms with van der Waals surface area (Å²) < 4.78 is 19.1. The lowest BCUT2D eigenvalue weighted by Crippen LogP contribution is -2.00. The Kier molecular flexibility index (Phi) is 4.20. The van der Waals surface area contributed by atoms with E-state index < -0.39 is 5.82 Å². The van der Waals surface area contributed by atoms with Gasteiger partial charge < -0.3 is 4.74 Å². The first-order valence-electron chi connectivity index (χ1n) is 5.65. The predicted molar refractivity (Wildman–Crippen MR) is 71.6 cm³/mol. The molecule has 0 spiro atoms. The number of hydrogen-bond donors (Lipinski definition) is 0. The van der Waals surface area contributed by atoms with E-state index in [9.17, 15) is 4.39 Å². The van der Waals surface area contributed by atoms with Gasteiger partial charge >= 0.3 is 0 Å². The molecule has 0 aromatic heterocycles. The highest BCUT2D eigenvalue weighted by molar-refractivity contribution is 6.30. The zero-order valence-electron chi connectivity index (χ0n) is 10.2. The fourth-order valence-corrected chi connectivity index (χ4v) is 1.76. The Morgan fingerprint density at radius 1 is 1.10 bits per heavy atom. The topological polar surface area (TPSA) is 56.8 Å². The predicted octanol–water partition coefficient (Wildman–Crippen LogP) is 3.80. The van der Waals surface area contributed by atoms with Crippen LogP contribution < -0.4 is 4.74 Å². The quantitative estimate of drug-likeness (QED) is 0.862. The SMILES string of the molecule is N#Cc1ccc(COc2cc(Cl)ccc2C#N)c(F)c1. The summed E-state index contributed by atoms with van der Waals surface area (Å²) in [6.07, 6.45) is 0. The summed E-state index contributed by atoms with van der Waals surface area (Å²) in [6, 6.07) is 12.6. The fourth-order valence-electron chi connectivity index (χ4n) is 1.60. The highest BCUT2D eigenvalue weighted by atomic mass is 35.5. The van der Waals surface area contributed by atoms with Crippen LogP contribution in [0.25, 0.3) is 0 Å². The van der Waals surface area contributed by atoms with Gasteiger partial charge in [0.05, 0.1) is 17.2 Å². The van der Waals surface area contributed by atoms with E-state index in [1.54, 1.807) is 6.07 Å². The lowest BCUT2D eigenvalue weighted by atomic mass is 10.1. The summed E-state index contributed by atoms with van der Waals surface area (Å²) in [4.78, 5) is 0. The van der Waals surface area contributed by atoms with Gasteiger partial charge in [-0.2, -0.15) is 10.5 Å². The molecule has 20 heavy (non-hydrogen) atoms. The van der Waals surface area contributed by atoms with Crippen LogP contribution in [0.4, 0.5) is 4.39 Å². The molecule has 0 amide bonds. The summed E-state index contributed by atoms with van der Waals surface area (Å²) in [5.74, 6) is -0.228. The molecule has 0 unspecified atom stereocenters. The lowest BCUT2D eigenvalue weighted by molar-refractivity contribution is 0.299. The van der Waals surface area contributed by atoms with E-state index in [0.29, 0.717) is 21.9 Å². The molecule has 2 aromatic carbocycles. The Morgan fingerprint density at radius 2 is 1.90 bits per heavy atom. The summed E-state index contributed by atoms with van der Waals surface area (Å²) in [7, 11) is 0. The van der Waals surface area contributed by atoms with Gasteiger partial charge in [0, 0.05) is 16.7 Å². The molecule has 0 saturated carbocycles. The van der Waals surface area contributed by atoms with Gasteiger partial charge in [-0.1, -0.05) is 17.7 Å². The van der Waals surface area contributed by atoms with Gasteiger partial charge in [0.1, 0.15) is 24.2 Å². The molecule has 0 radical (unpaired) electrons. The van der Waals surface area contributed by atoms with Crippen molar-refractivity contribution in [3.8, 4) is 17.9 Å². The minimum atomic E-state index is -0.524. The van der Waals surface area contributed by atoms with E-state index in [-0.39, 0.29) is 12.2 Å². The second kappa shape index (κ2) is 6.06. The van der Waals surface area contributed by atoms with Crippen LogP contribution in [0.5, 0.6) is 5.75 Å². The molecule has 0 bridgehead atoms. The van der Waals surface area contributed by atoms with Crippen molar-refractivity contribution in [1.29, 1.82) is 10.5 Å². The smallest absolute Gasteiger partial charge is 0.139 e. The van der Waals surface area contributed by atoms with Crippen molar-refractivity contribution in [2.75, 3.05) is 0 Å². The van der Waals surface area contributed by atoms with Gasteiger partial charge in [-0.15, -0.1) is 0 Å². The number of hydrogen-bond acceptors (Lipinski definition) is 3. The van der Waals surface area contributed by atoms with Crippen LogP contribution in [-0.2, 0) is 6.61 Å². The maximum Gasteiger partial charge on any atom is 0.139 e. The third-order valence-electron chi connectivity index (χ3n) is 2.63. The maximum atomic E-state index is 13.7. The van der Waals surface area contributed by atoms with Crippen molar-refractivity contribution in [2.24, 2.45) is 0 Å². The number of halogens is 2. The molecule has 0 saturated heterocycles. The zero-order valence-corrected chi connectivity index (χ0v) is 11.0. The number of nitriles is 2. The standard InChI is InChI=1S/C15H8ClFN2O/c16-13-4-3-11(8-19)15(6-13)20-9-12-2-1-10(7-18)5-14(12)17/h1-6H,9H2. The van der Waals surface area contributed by atoms with Gasteiger partial charge in [0.15, 0.2) is 0 Å².